The molecule has 0 bridgehead atoms. The van der Waals surface area contributed by atoms with E-state index >= 15 is 0 Å². The number of carbonyl (C=O) groups is 4. The molecule has 1 saturated carbocycles. The number of barbiturate groups is 1. The number of imide groups is 2. The smallest absolute Gasteiger partial charge is 0.331 e. The van der Waals surface area contributed by atoms with E-state index in [0.717, 1.165) is 30.6 Å². The minimum atomic E-state index is -0.735. The van der Waals surface area contributed by atoms with Gasteiger partial charge in [0.1, 0.15) is 5.57 Å². The maximum Gasteiger partial charge on any atom is 0.331 e. The summed E-state index contributed by atoms with van der Waals surface area (Å²) in [5.41, 5.74) is 5.49. The number of hydrogen-bond acceptors (Lipinski definition) is 6. The summed E-state index contributed by atoms with van der Waals surface area (Å²) in [7, 11) is 0. The van der Waals surface area contributed by atoms with Gasteiger partial charge in [0.2, 0.25) is 0 Å². The van der Waals surface area contributed by atoms with Gasteiger partial charge in [-0.15, -0.1) is 0 Å². The van der Waals surface area contributed by atoms with Crippen LogP contribution in [-0.4, -0.2) is 47.9 Å². The van der Waals surface area contributed by atoms with Gasteiger partial charge in [-0.1, -0.05) is 18.9 Å². The van der Waals surface area contributed by atoms with Crippen LogP contribution in [0.5, 0.6) is 11.5 Å². The highest BCUT2D eigenvalue weighted by atomic mass is 16.5. The monoisotopic (exact) mass is 401 g/mol. The minimum Gasteiger partial charge on any atom is -0.490 e. The lowest BCUT2D eigenvalue weighted by atomic mass is 10.0. The maximum atomic E-state index is 12.9. The van der Waals surface area contributed by atoms with Crippen molar-refractivity contribution in [3.05, 3.63) is 29.3 Å². The summed E-state index contributed by atoms with van der Waals surface area (Å²) in [5, 5.41) is 2.24. The average Bonchev–Trinajstić information content (AvgIpc) is 3.18. The fourth-order valence-corrected chi connectivity index (χ4v) is 3.48. The Morgan fingerprint density at radius 1 is 1.21 bits per heavy atom. The first kappa shape index (κ1) is 20.4. The quantitative estimate of drug-likeness (QED) is 0.524. The molecule has 0 atom stereocenters. The van der Waals surface area contributed by atoms with Crippen LogP contribution < -0.4 is 20.5 Å². The van der Waals surface area contributed by atoms with Gasteiger partial charge >= 0.3 is 6.03 Å². The van der Waals surface area contributed by atoms with E-state index in [1.807, 2.05) is 0 Å². The largest absolute Gasteiger partial charge is 0.490 e. The Labute approximate surface area is 167 Å². The molecule has 2 fully saturated rings. The third kappa shape index (κ3) is 4.56. The second-order valence-electron chi connectivity index (χ2n) is 6.82. The number of hydrogen-bond donors (Lipinski definition) is 2. The van der Waals surface area contributed by atoms with Gasteiger partial charge in [0.15, 0.2) is 18.1 Å². The number of amides is 5. The van der Waals surface area contributed by atoms with Crippen molar-refractivity contribution in [3.8, 4) is 11.5 Å². The molecule has 9 heteroatoms. The van der Waals surface area contributed by atoms with Gasteiger partial charge in [0, 0.05) is 6.04 Å². The molecular formula is C20H23N3O6. The zero-order valence-corrected chi connectivity index (χ0v) is 16.1. The first-order valence-electron chi connectivity index (χ1n) is 9.49. The molecule has 3 rings (SSSR count). The lowest BCUT2D eigenvalue weighted by Crippen LogP contribution is -2.57. The molecule has 1 aromatic rings. The zero-order chi connectivity index (χ0) is 21.0. The van der Waals surface area contributed by atoms with E-state index in [1.54, 1.807) is 25.1 Å². The lowest BCUT2D eigenvalue weighted by Gasteiger charge is -2.31. The normalized spacial score (nSPS) is 18.9. The van der Waals surface area contributed by atoms with Crippen LogP contribution in [0.2, 0.25) is 0 Å². The summed E-state index contributed by atoms with van der Waals surface area (Å²) in [6.45, 7) is 1.82. The fraction of sp³-hybridized carbons (Fsp3) is 0.400. The van der Waals surface area contributed by atoms with Crippen LogP contribution in [0.25, 0.3) is 6.08 Å². The molecule has 1 heterocycles. The number of nitrogens with zero attached hydrogens (tertiary/aromatic N) is 1. The van der Waals surface area contributed by atoms with E-state index < -0.39 is 23.8 Å². The van der Waals surface area contributed by atoms with Gasteiger partial charge in [-0.05, 0) is 43.5 Å². The molecule has 5 amide bonds. The first-order chi connectivity index (χ1) is 13.9. The van der Waals surface area contributed by atoms with E-state index in [4.69, 9.17) is 15.2 Å². The highest BCUT2D eigenvalue weighted by Gasteiger charge is 2.40. The van der Waals surface area contributed by atoms with Crippen molar-refractivity contribution in [2.45, 2.75) is 38.6 Å². The van der Waals surface area contributed by atoms with Gasteiger partial charge in [0.25, 0.3) is 17.7 Å². The minimum absolute atomic E-state index is 0.121. The summed E-state index contributed by atoms with van der Waals surface area (Å²) in [6, 6.07) is 3.90. The Morgan fingerprint density at radius 2 is 1.93 bits per heavy atom. The standard InChI is InChI=1S/C20H23N3O6/c1-2-28-16-10-12(7-8-15(16)29-11-17(21)24)9-14-18(25)22-20(27)23(19(14)26)13-5-3-4-6-13/h7-10,13H,2-6,11H2,1H3,(H2,21,24)(H,22,25,27)/b14-9-. The van der Waals surface area contributed by atoms with Crippen LogP contribution in [0.4, 0.5) is 4.79 Å². The summed E-state index contributed by atoms with van der Waals surface area (Å²) in [4.78, 5) is 49.4. The summed E-state index contributed by atoms with van der Waals surface area (Å²) >= 11 is 0. The third-order valence-corrected chi connectivity index (χ3v) is 4.77. The van der Waals surface area contributed by atoms with Crippen molar-refractivity contribution in [2.24, 2.45) is 5.73 Å². The molecule has 1 saturated heterocycles. The molecule has 9 nitrogen and oxygen atoms in total. The van der Waals surface area contributed by atoms with Gasteiger partial charge in [-0.2, -0.15) is 0 Å². The molecule has 154 valence electrons. The van der Waals surface area contributed by atoms with Crippen LogP contribution in [0.15, 0.2) is 23.8 Å². The number of carbonyl (C=O) groups excluding carboxylic acids is 4. The number of nitrogens with two attached hydrogens (primary N) is 1. The molecule has 2 aliphatic rings. The van der Waals surface area contributed by atoms with Crippen LogP contribution in [0, 0.1) is 0 Å². The van der Waals surface area contributed by atoms with Gasteiger partial charge in [0.05, 0.1) is 6.61 Å². The van der Waals surface area contributed by atoms with Crippen molar-refractivity contribution >= 4 is 29.8 Å². The molecule has 1 aliphatic carbocycles. The maximum absolute atomic E-state index is 12.9. The molecular weight excluding hydrogens is 378 g/mol. The second-order valence-corrected chi connectivity index (χ2v) is 6.82. The number of nitrogens with one attached hydrogen (secondary N) is 1. The highest BCUT2D eigenvalue weighted by molar-refractivity contribution is 6.31. The van der Waals surface area contributed by atoms with Crippen molar-refractivity contribution < 1.29 is 28.7 Å². The number of rotatable bonds is 7. The van der Waals surface area contributed by atoms with Crippen molar-refractivity contribution in [1.82, 2.24) is 10.2 Å². The number of ether oxygens (including phenoxy) is 2. The Balaban J connectivity index is 1.89. The number of benzene rings is 1. The van der Waals surface area contributed by atoms with Gasteiger partial charge in [-0.3, -0.25) is 24.6 Å². The molecule has 29 heavy (non-hydrogen) atoms. The van der Waals surface area contributed by atoms with Crippen molar-refractivity contribution in [2.75, 3.05) is 13.2 Å². The SMILES string of the molecule is CCOc1cc(/C=C2/C(=O)NC(=O)N(C3CCCC3)C2=O)ccc1OCC(N)=O. The number of urea groups is 1. The Kier molecular flexibility index (Phi) is 6.16. The summed E-state index contributed by atoms with van der Waals surface area (Å²) in [6.07, 6.45) is 4.77. The fourth-order valence-electron chi connectivity index (χ4n) is 3.48. The van der Waals surface area contributed by atoms with Crippen LogP contribution in [0.1, 0.15) is 38.2 Å². The van der Waals surface area contributed by atoms with Gasteiger partial charge in [-0.25, -0.2) is 4.79 Å². The molecule has 1 aliphatic heterocycles. The second kappa shape index (κ2) is 8.76. The first-order valence-corrected chi connectivity index (χ1v) is 9.49. The van der Waals surface area contributed by atoms with E-state index in [9.17, 15) is 19.2 Å². The Hall–Kier alpha value is -3.36. The molecule has 1 aromatic carbocycles. The predicted molar refractivity (Wildman–Crippen MR) is 103 cm³/mol. The molecule has 3 N–H and O–H groups in total. The van der Waals surface area contributed by atoms with E-state index in [1.165, 1.54) is 6.08 Å². The Morgan fingerprint density at radius 3 is 2.59 bits per heavy atom. The molecule has 0 unspecified atom stereocenters. The van der Waals surface area contributed by atoms with Crippen LogP contribution in [-0.2, 0) is 14.4 Å². The average molecular weight is 401 g/mol. The molecule has 0 aromatic heterocycles. The van der Waals surface area contributed by atoms with Crippen LogP contribution >= 0.6 is 0 Å². The Bertz CT molecular complexity index is 873. The van der Waals surface area contributed by atoms with Gasteiger partial charge < -0.3 is 15.2 Å². The zero-order valence-electron chi connectivity index (χ0n) is 16.1. The van der Waals surface area contributed by atoms with Crippen LogP contribution in [0.3, 0.4) is 0 Å². The van der Waals surface area contributed by atoms with E-state index in [2.05, 4.69) is 5.32 Å². The van der Waals surface area contributed by atoms with E-state index in [0.29, 0.717) is 23.7 Å². The van der Waals surface area contributed by atoms with Crippen molar-refractivity contribution in [3.63, 3.8) is 0 Å². The number of primary amides is 1. The predicted octanol–water partition coefficient (Wildman–Crippen LogP) is 1.35. The highest BCUT2D eigenvalue weighted by Crippen LogP contribution is 2.31. The van der Waals surface area contributed by atoms with Crippen molar-refractivity contribution in [1.29, 1.82) is 0 Å². The summed E-state index contributed by atoms with van der Waals surface area (Å²) < 4.78 is 10.8. The topological polar surface area (TPSA) is 128 Å². The third-order valence-electron chi connectivity index (χ3n) is 4.77. The molecule has 0 radical (unpaired) electrons. The summed E-state index contributed by atoms with van der Waals surface area (Å²) in [5.74, 6) is -1.30. The van der Waals surface area contributed by atoms with E-state index in [-0.39, 0.29) is 18.2 Å². The lowest BCUT2D eigenvalue weighted by molar-refractivity contribution is -0.131. The molecule has 0 spiro atoms.